The van der Waals surface area contributed by atoms with Gasteiger partial charge in [-0.3, -0.25) is 4.55 Å². The van der Waals surface area contributed by atoms with E-state index < -0.39 is 29.9 Å². The number of halogens is 1. The van der Waals surface area contributed by atoms with E-state index in [0.717, 1.165) is 6.07 Å². The number of hydrogen-bond donors (Lipinski definition) is 1. The molecule has 1 aromatic heterocycles. The van der Waals surface area contributed by atoms with Crippen LogP contribution in [-0.4, -0.2) is 41.8 Å². The van der Waals surface area contributed by atoms with Gasteiger partial charge in [0, 0.05) is 10.5 Å². The summed E-state index contributed by atoms with van der Waals surface area (Å²) in [6, 6.07) is 0.819. The van der Waals surface area contributed by atoms with Gasteiger partial charge in [-0.25, -0.2) is 8.42 Å². The maximum Gasteiger partial charge on any atom is 0.296 e. The summed E-state index contributed by atoms with van der Waals surface area (Å²) in [5.74, 6) is -0.170. The quantitative estimate of drug-likeness (QED) is 0.444. The molecule has 0 amide bonds. The molecule has 0 fully saturated rings. The van der Waals surface area contributed by atoms with Gasteiger partial charge in [0.1, 0.15) is 4.90 Å². The van der Waals surface area contributed by atoms with E-state index in [1.165, 1.54) is 6.92 Å². The molecule has 0 spiro atoms. The van der Waals surface area contributed by atoms with Gasteiger partial charge in [0.2, 0.25) is 0 Å². The number of aryl methyl sites for hydroxylation is 1. The minimum atomic E-state index is -4.50. The molecule has 17 heavy (non-hydrogen) atoms. The lowest BCUT2D eigenvalue weighted by Gasteiger charge is -2.04. The van der Waals surface area contributed by atoms with Crippen LogP contribution in [0, 0.1) is 6.92 Å². The van der Waals surface area contributed by atoms with Crippen LogP contribution in [0.3, 0.4) is 0 Å². The molecular formula is C7H9IN2O5S2. The number of sulfone groups is 1. The van der Waals surface area contributed by atoms with Crippen LogP contribution in [-0.2, 0) is 20.0 Å². The van der Waals surface area contributed by atoms with E-state index in [4.69, 9.17) is 4.55 Å². The van der Waals surface area contributed by atoms with Gasteiger partial charge in [-0.15, -0.1) is 5.10 Å². The lowest BCUT2D eigenvalue weighted by atomic mass is 10.4. The second-order valence-corrected chi connectivity index (χ2v) is 7.64. The highest BCUT2D eigenvalue weighted by molar-refractivity contribution is 14.1. The zero-order valence-corrected chi connectivity index (χ0v) is 12.5. The van der Waals surface area contributed by atoms with Crippen molar-refractivity contribution in [2.45, 2.75) is 16.8 Å². The van der Waals surface area contributed by atoms with Crippen LogP contribution in [0.15, 0.2) is 16.0 Å². The van der Waals surface area contributed by atoms with Crippen molar-refractivity contribution < 1.29 is 21.4 Å². The van der Waals surface area contributed by atoms with Crippen LogP contribution in [0.2, 0.25) is 0 Å². The molecule has 1 heterocycles. The third-order valence-electron chi connectivity index (χ3n) is 1.85. The predicted molar refractivity (Wildman–Crippen MR) is 67.5 cm³/mol. The van der Waals surface area contributed by atoms with Crippen molar-refractivity contribution in [1.29, 1.82) is 0 Å². The van der Waals surface area contributed by atoms with Gasteiger partial charge in [-0.05, 0) is 6.92 Å². The second-order valence-electron chi connectivity index (χ2n) is 3.12. The van der Waals surface area contributed by atoms with Gasteiger partial charge in [-0.1, -0.05) is 22.6 Å². The van der Waals surface area contributed by atoms with E-state index >= 15 is 0 Å². The number of rotatable bonds is 4. The third kappa shape index (κ3) is 3.56. The highest BCUT2D eigenvalue weighted by Crippen LogP contribution is 2.16. The SMILES string of the molecule is Cc1nnc(S(=O)(=O)CCI)cc1S(=O)(=O)O. The molecule has 1 rings (SSSR count). The smallest absolute Gasteiger partial charge is 0.282 e. The van der Waals surface area contributed by atoms with Crippen molar-refractivity contribution in [3.05, 3.63) is 11.8 Å². The molecule has 0 saturated carbocycles. The first-order valence-electron chi connectivity index (χ1n) is 4.29. The summed E-state index contributed by atoms with van der Waals surface area (Å²) in [6.07, 6.45) is 0. The number of hydrogen-bond acceptors (Lipinski definition) is 6. The van der Waals surface area contributed by atoms with Crippen LogP contribution in [0.1, 0.15) is 5.69 Å². The van der Waals surface area contributed by atoms with Gasteiger partial charge in [0.15, 0.2) is 14.9 Å². The van der Waals surface area contributed by atoms with Gasteiger partial charge in [0.25, 0.3) is 10.1 Å². The summed E-state index contributed by atoms with van der Waals surface area (Å²) in [5.41, 5.74) is -0.0547. The van der Waals surface area contributed by atoms with Crippen molar-refractivity contribution >= 4 is 42.5 Å². The van der Waals surface area contributed by atoms with E-state index in [9.17, 15) is 16.8 Å². The summed E-state index contributed by atoms with van der Waals surface area (Å²) in [5, 5.41) is 6.40. The molecule has 0 radical (unpaired) electrons. The number of aromatic nitrogens is 2. The maximum absolute atomic E-state index is 11.6. The zero-order chi connectivity index (χ0) is 13.3. The molecular weight excluding hydrogens is 383 g/mol. The fraction of sp³-hybridized carbons (Fsp3) is 0.429. The van der Waals surface area contributed by atoms with Gasteiger partial charge in [-0.2, -0.15) is 13.5 Å². The highest BCUT2D eigenvalue weighted by atomic mass is 127. The molecule has 0 aliphatic carbocycles. The molecule has 0 saturated heterocycles. The van der Waals surface area contributed by atoms with E-state index in [-0.39, 0.29) is 11.4 Å². The second kappa shape index (κ2) is 5.12. The normalized spacial score (nSPS) is 12.6. The molecule has 7 nitrogen and oxygen atoms in total. The number of alkyl halides is 1. The summed E-state index contributed by atoms with van der Waals surface area (Å²) in [6.45, 7) is 1.31. The molecule has 0 aliphatic rings. The molecule has 1 N–H and O–H groups in total. The highest BCUT2D eigenvalue weighted by Gasteiger charge is 2.22. The van der Waals surface area contributed by atoms with Crippen molar-refractivity contribution in [3.8, 4) is 0 Å². The van der Waals surface area contributed by atoms with Crippen molar-refractivity contribution in [2.24, 2.45) is 0 Å². The Kier molecular flexibility index (Phi) is 4.43. The largest absolute Gasteiger partial charge is 0.296 e. The van der Waals surface area contributed by atoms with Crippen molar-refractivity contribution in [3.63, 3.8) is 0 Å². The topological polar surface area (TPSA) is 114 Å². The van der Waals surface area contributed by atoms with E-state index in [1.807, 2.05) is 22.6 Å². The first-order valence-corrected chi connectivity index (χ1v) is 8.91. The Morgan fingerprint density at radius 2 is 1.88 bits per heavy atom. The lowest BCUT2D eigenvalue weighted by molar-refractivity contribution is 0.481. The maximum atomic E-state index is 11.6. The first kappa shape index (κ1) is 14.7. The predicted octanol–water partition coefficient (Wildman–Crippen LogP) is 0.240. The molecule has 0 aliphatic heterocycles. The Labute approximate surface area is 112 Å². The zero-order valence-electron chi connectivity index (χ0n) is 8.66. The Balaban J connectivity index is 3.43. The van der Waals surface area contributed by atoms with E-state index in [0.29, 0.717) is 4.43 Å². The third-order valence-corrected chi connectivity index (χ3v) is 5.67. The fourth-order valence-corrected chi connectivity index (χ4v) is 4.40. The number of nitrogens with zero attached hydrogens (tertiary/aromatic N) is 2. The van der Waals surface area contributed by atoms with Crippen molar-refractivity contribution in [2.75, 3.05) is 10.2 Å². The Morgan fingerprint density at radius 1 is 1.29 bits per heavy atom. The minimum absolute atomic E-state index is 0.0547. The van der Waals surface area contributed by atoms with Crippen LogP contribution in [0.25, 0.3) is 0 Å². The average molecular weight is 392 g/mol. The summed E-state index contributed by atoms with van der Waals surface area (Å²) in [4.78, 5) is -0.542. The molecule has 10 heteroatoms. The van der Waals surface area contributed by atoms with Gasteiger partial charge < -0.3 is 0 Å². The van der Waals surface area contributed by atoms with Crippen LogP contribution < -0.4 is 0 Å². The standard InChI is InChI=1S/C7H9IN2O5S2/c1-5-6(17(13,14)15)4-7(10-9-5)16(11,12)3-2-8/h4H,2-3H2,1H3,(H,13,14,15). The lowest BCUT2D eigenvalue weighted by Crippen LogP contribution is -2.13. The van der Waals surface area contributed by atoms with E-state index in [2.05, 4.69) is 10.2 Å². The minimum Gasteiger partial charge on any atom is -0.282 e. The molecule has 1 aromatic rings. The molecule has 0 bridgehead atoms. The van der Waals surface area contributed by atoms with Crippen LogP contribution in [0.5, 0.6) is 0 Å². The van der Waals surface area contributed by atoms with Crippen molar-refractivity contribution in [1.82, 2.24) is 10.2 Å². The van der Waals surface area contributed by atoms with E-state index in [1.54, 1.807) is 0 Å². The van der Waals surface area contributed by atoms with Gasteiger partial charge >= 0.3 is 0 Å². The molecule has 0 aromatic carbocycles. The monoisotopic (exact) mass is 392 g/mol. The Morgan fingerprint density at radius 3 is 2.35 bits per heavy atom. The molecule has 0 unspecified atom stereocenters. The molecule has 96 valence electrons. The fourth-order valence-electron chi connectivity index (χ4n) is 1.04. The summed E-state index contributed by atoms with van der Waals surface area (Å²) < 4.78 is 54.5. The Bertz CT molecular complexity index is 626. The first-order chi connectivity index (χ1) is 7.68. The van der Waals surface area contributed by atoms with Gasteiger partial charge in [0.05, 0.1) is 11.4 Å². The van der Waals surface area contributed by atoms with Crippen LogP contribution >= 0.6 is 22.6 Å². The summed E-state index contributed by atoms with van der Waals surface area (Å²) in [7, 11) is -8.17. The molecule has 0 atom stereocenters. The average Bonchev–Trinajstić information content (AvgIpc) is 2.15. The van der Waals surface area contributed by atoms with Crippen LogP contribution in [0.4, 0.5) is 0 Å². The Hall–Kier alpha value is -0.330. The summed E-state index contributed by atoms with van der Waals surface area (Å²) >= 11 is 1.88.